The van der Waals surface area contributed by atoms with Crippen LogP contribution in [0.2, 0.25) is 0 Å². The van der Waals surface area contributed by atoms with E-state index >= 15 is 0 Å². The smallest absolute Gasteiger partial charge is 0.378 e. The highest BCUT2D eigenvalue weighted by Crippen LogP contribution is 2.34. The predicted molar refractivity (Wildman–Crippen MR) is 139 cm³/mol. The van der Waals surface area contributed by atoms with Gasteiger partial charge in [-0.15, -0.1) is 5.10 Å². The van der Waals surface area contributed by atoms with Crippen LogP contribution in [-0.2, 0) is 27.5 Å². The third-order valence-corrected chi connectivity index (χ3v) is 8.53. The summed E-state index contributed by atoms with van der Waals surface area (Å²) in [5.74, 6) is 0.602. The molecule has 0 amide bonds. The van der Waals surface area contributed by atoms with Crippen LogP contribution in [0.1, 0.15) is 28.1 Å². The van der Waals surface area contributed by atoms with E-state index in [0.29, 0.717) is 66.0 Å². The van der Waals surface area contributed by atoms with Crippen molar-refractivity contribution >= 4 is 21.7 Å². The van der Waals surface area contributed by atoms with Crippen LogP contribution >= 0.6 is 0 Å². The Morgan fingerprint density at radius 2 is 1.85 bits per heavy atom. The molecule has 4 heterocycles. The minimum atomic E-state index is -4.46. The molecule has 0 N–H and O–H groups in total. The average Bonchev–Trinajstić information content (AvgIpc) is 3.50. The van der Waals surface area contributed by atoms with E-state index in [1.807, 2.05) is 4.90 Å². The molecule has 1 aliphatic heterocycles. The molecule has 0 saturated carbocycles. The molecule has 3 aromatic heterocycles. The van der Waals surface area contributed by atoms with E-state index < -0.39 is 21.9 Å². The number of nitrogens with zero attached hydrogens (tertiary/aromatic N) is 7. The zero-order valence-corrected chi connectivity index (χ0v) is 22.7. The van der Waals surface area contributed by atoms with Crippen molar-refractivity contribution in [2.45, 2.75) is 26.4 Å². The van der Waals surface area contributed by atoms with E-state index in [9.17, 15) is 21.6 Å². The number of halogens is 3. The monoisotopic (exact) mass is 563 g/mol. The van der Waals surface area contributed by atoms with Crippen molar-refractivity contribution in [2.24, 2.45) is 0 Å². The van der Waals surface area contributed by atoms with E-state index in [4.69, 9.17) is 14.8 Å². The zero-order valence-electron chi connectivity index (χ0n) is 21.9. The molecule has 1 aromatic carbocycles. The number of aryl methyl sites for hydroxylation is 1. The SMILES string of the molecule is Cc1nc2c(-c3cn(S(=O)(=O)N(C)C)cn3)cc(N3CCOCC3)nn2c1Cc1cccc(C(F)(F)F)c1C. The highest BCUT2D eigenvalue weighted by molar-refractivity contribution is 7.87. The Kier molecular flexibility index (Phi) is 6.89. The van der Waals surface area contributed by atoms with Crippen molar-refractivity contribution in [1.29, 1.82) is 0 Å². The quantitative estimate of drug-likeness (QED) is 0.355. The highest BCUT2D eigenvalue weighted by atomic mass is 32.2. The Morgan fingerprint density at radius 3 is 2.51 bits per heavy atom. The van der Waals surface area contributed by atoms with Crippen molar-refractivity contribution in [1.82, 2.24) is 27.9 Å². The maximum atomic E-state index is 13.6. The van der Waals surface area contributed by atoms with Crippen LogP contribution in [0.25, 0.3) is 16.9 Å². The van der Waals surface area contributed by atoms with Crippen LogP contribution in [0, 0.1) is 13.8 Å². The number of fused-ring (bicyclic) bond motifs is 1. The molecule has 0 unspecified atom stereocenters. The number of benzene rings is 1. The minimum absolute atomic E-state index is 0.150. The number of ether oxygens (including phenoxy) is 1. The summed E-state index contributed by atoms with van der Waals surface area (Å²) < 4.78 is 75.3. The summed E-state index contributed by atoms with van der Waals surface area (Å²) in [6.07, 6.45) is -1.66. The second-order valence-electron chi connectivity index (χ2n) is 9.54. The van der Waals surface area contributed by atoms with Crippen LogP contribution in [0.15, 0.2) is 36.8 Å². The number of hydrogen-bond acceptors (Lipinski definition) is 7. The molecule has 10 nitrogen and oxygen atoms in total. The number of anilines is 1. The topological polar surface area (TPSA) is 97.9 Å². The lowest BCUT2D eigenvalue weighted by atomic mass is 9.98. The maximum absolute atomic E-state index is 13.6. The zero-order chi connectivity index (χ0) is 28.1. The third kappa shape index (κ3) is 4.99. The normalized spacial score (nSPS) is 15.0. The predicted octanol–water partition coefficient (Wildman–Crippen LogP) is 3.31. The molecular formula is C25H28F3N7O3S. The molecule has 5 rings (SSSR count). The van der Waals surface area contributed by atoms with Crippen molar-refractivity contribution in [3.63, 3.8) is 0 Å². The fourth-order valence-electron chi connectivity index (χ4n) is 4.62. The maximum Gasteiger partial charge on any atom is 0.416 e. The molecule has 0 aliphatic carbocycles. The lowest BCUT2D eigenvalue weighted by Crippen LogP contribution is -2.37. The minimum Gasteiger partial charge on any atom is -0.378 e. The van der Waals surface area contributed by atoms with Gasteiger partial charge in [0.1, 0.15) is 6.33 Å². The Labute approximate surface area is 223 Å². The van der Waals surface area contributed by atoms with Gasteiger partial charge in [-0.05, 0) is 37.1 Å². The standard InChI is InChI=1S/C25H28F3N7O3S/c1-16-18(6-5-7-20(16)25(26,27)28)12-22-17(2)30-24-19(21-14-34(15-29-21)39(36,37)32(3)4)13-23(31-35(22)24)33-8-10-38-11-9-33/h5-7,13-15H,8-12H2,1-4H3. The largest absolute Gasteiger partial charge is 0.416 e. The Morgan fingerprint density at radius 1 is 1.13 bits per heavy atom. The van der Waals surface area contributed by atoms with E-state index in [0.717, 1.165) is 14.3 Å². The molecule has 0 radical (unpaired) electrons. The van der Waals surface area contributed by atoms with Crippen molar-refractivity contribution in [3.05, 3.63) is 64.9 Å². The number of aromatic nitrogens is 5. The average molecular weight is 564 g/mol. The molecule has 208 valence electrons. The number of alkyl halides is 3. The Hall–Kier alpha value is -3.49. The van der Waals surface area contributed by atoms with Gasteiger partial charge in [0.15, 0.2) is 11.5 Å². The third-order valence-electron chi connectivity index (χ3n) is 6.87. The van der Waals surface area contributed by atoms with Crippen LogP contribution in [0.3, 0.4) is 0 Å². The fraction of sp³-hybridized carbons (Fsp3) is 0.400. The molecule has 39 heavy (non-hydrogen) atoms. The first-order chi connectivity index (χ1) is 18.4. The summed E-state index contributed by atoms with van der Waals surface area (Å²) in [7, 11) is -0.933. The summed E-state index contributed by atoms with van der Waals surface area (Å²) in [6, 6.07) is 5.95. The summed E-state index contributed by atoms with van der Waals surface area (Å²) in [4.78, 5) is 11.1. The van der Waals surface area contributed by atoms with E-state index in [1.54, 1.807) is 23.6 Å². The first-order valence-electron chi connectivity index (χ1n) is 12.2. The molecule has 0 atom stereocenters. The Bertz CT molecular complexity index is 1640. The number of morpholine rings is 1. The fourth-order valence-corrected chi connectivity index (χ4v) is 5.40. The summed E-state index contributed by atoms with van der Waals surface area (Å²) in [5, 5.41) is 4.83. The lowest BCUT2D eigenvalue weighted by molar-refractivity contribution is -0.138. The second kappa shape index (κ2) is 9.92. The number of imidazole rings is 2. The number of hydrogen-bond donors (Lipinski definition) is 0. The molecule has 1 aliphatic rings. The first-order valence-corrected chi connectivity index (χ1v) is 13.6. The summed E-state index contributed by atoms with van der Waals surface area (Å²) in [6.45, 7) is 5.47. The molecule has 0 spiro atoms. The van der Waals surface area contributed by atoms with Gasteiger partial charge >= 0.3 is 16.4 Å². The molecule has 1 fully saturated rings. The van der Waals surface area contributed by atoms with Gasteiger partial charge in [0, 0.05) is 39.8 Å². The van der Waals surface area contributed by atoms with Gasteiger partial charge < -0.3 is 9.64 Å². The van der Waals surface area contributed by atoms with Crippen LogP contribution in [-0.4, -0.2) is 76.7 Å². The van der Waals surface area contributed by atoms with Gasteiger partial charge in [0.2, 0.25) is 0 Å². The van der Waals surface area contributed by atoms with E-state index in [2.05, 4.69) is 4.98 Å². The van der Waals surface area contributed by atoms with Crippen LogP contribution in [0.4, 0.5) is 19.0 Å². The summed E-state index contributed by atoms with van der Waals surface area (Å²) >= 11 is 0. The Balaban J connectivity index is 1.68. The van der Waals surface area contributed by atoms with Crippen molar-refractivity contribution in [2.75, 3.05) is 45.3 Å². The highest BCUT2D eigenvalue weighted by Gasteiger charge is 2.33. The van der Waals surface area contributed by atoms with E-state index in [-0.39, 0.29) is 12.0 Å². The molecule has 0 bridgehead atoms. The summed E-state index contributed by atoms with van der Waals surface area (Å²) in [5.41, 5.74) is 2.55. The van der Waals surface area contributed by atoms with E-state index in [1.165, 1.54) is 39.6 Å². The first kappa shape index (κ1) is 27.1. The van der Waals surface area contributed by atoms with Crippen LogP contribution in [0.5, 0.6) is 0 Å². The molecule has 1 saturated heterocycles. The van der Waals surface area contributed by atoms with Crippen LogP contribution < -0.4 is 4.90 Å². The van der Waals surface area contributed by atoms with Gasteiger partial charge in [-0.25, -0.2) is 18.5 Å². The van der Waals surface area contributed by atoms with Gasteiger partial charge in [0.25, 0.3) is 0 Å². The van der Waals surface area contributed by atoms with Gasteiger partial charge in [-0.2, -0.15) is 25.9 Å². The number of rotatable bonds is 6. The molecule has 4 aromatic rings. The molecule has 14 heteroatoms. The van der Waals surface area contributed by atoms with Gasteiger partial charge in [0.05, 0.1) is 41.4 Å². The second-order valence-corrected chi connectivity index (χ2v) is 11.6. The van der Waals surface area contributed by atoms with Crippen molar-refractivity contribution < 1.29 is 26.3 Å². The van der Waals surface area contributed by atoms with Crippen molar-refractivity contribution in [3.8, 4) is 11.3 Å². The molecular weight excluding hydrogens is 535 g/mol. The van der Waals surface area contributed by atoms with Gasteiger partial charge in [-0.1, -0.05) is 12.1 Å². The van der Waals surface area contributed by atoms with Gasteiger partial charge in [-0.3, -0.25) is 0 Å². The lowest BCUT2D eigenvalue weighted by Gasteiger charge is -2.28.